The second-order valence-corrected chi connectivity index (χ2v) is 4.12. The molecule has 20 heavy (non-hydrogen) atoms. The highest BCUT2D eigenvalue weighted by atomic mass is 16.4. The van der Waals surface area contributed by atoms with Gasteiger partial charge in [0.25, 0.3) is 0 Å². The number of aromatic hydroxyl groups is 1. The molecule has 0 aliphatic heterocycles. The molecule has 1 aromatic carbocycles. The zero-order valence-corrected chi connectivity index (χ0v) is 10.9. The molecule has 7 heteroatoms. The number of phenols is 1. The van der Waals surface area contributed by atoms with E-state index in [2.05, 4.69) is 6.07 Å². The molecule has 1 radical (unpaired) electrons. The van der Waals surface area contributed by atoms with Crippen LogP contribution in [0.4, 0.5) is 0 Å². The first-order valence-corrected chi connectivity index (χ1v) is 5.82. The van der Waals surface area contributed by atoms with Crippen LogP contribution < -0.4 is 5.73 Å². The van der Waals surface area contributed by atoms with E-state index in [1.165, 1.54) is 18.2 Å². The smallest absolute Gasteiger partial charge is 0.327 e. The van der Waals surface area contributed by atoms with E-state index in [0.29, 0.717) is 10.5 Å². The van der Waals surface area contributed by atoms with E-state index in [1.54, 1.807) is 0 Å². The number of rotatable bonds is 5. The van der Waals surface area contributed by atoms with E-state index in [9.17, 15) is 19.5 Å². The highest BCUT2D eigenvalue weighted by molar-refractivity contribution is 5.99. The van der Waals surface area contributed by atoms with Gasteiger partial charge in [0, 0.05) is 13.3 Å². The van der Waals surface area contributed by atoms with Crippen molar-refractivity contribution in [2.24, 2.45) is 5.73 Å². The number of carbonyl (C=O) groups is 3. The number of phenolic OH excluding ortho intramolecular Hbond substituents is 1. The summed E-state index contributed by atoms with van der Waals surface area (Å²) in [7, 11) is 0. The lowest BCUT2D eigenvalue weighted by Gasteiger charge is -2.25. The van der Waals surface area contributed by atoms with Gasteiger partial charge in [-0.05, 0) is 23.8 Å². The number of nitrogens with zero attached hydrogens (tertiary/aromatic N) is 1. The van der Waals surface area contributed by atoms with Gasteiger partial charge in [0.2, 0.25) is 11.8 Å². The molecule has 4 N–H and O–H groups in total. The molecule has 107 valence electrons. The van der Waals surface area contributed by atoms with Crippen molar-refractivity contribution < 1.29 is 24.6 Å². The van der Waals surface area contributed by atoms with E-state index >= 15 is 0 Å². The summed E-state index contributed by atoms with van der Waals surface area (Å²) in [5.74, 6) is -2.78. The standard InChI is InChI=1S/C13H15N2O5/c1-8(16)15(12(18)7-14)11(13(19)20)6-9-2-4-10(17)5-3-9/h2,4-5,11,17H,6-7,14H2,1H3,(H,19,20). The lowest BCUT2D eigenvalue weighted by Crippen LogP contribution is -2.51. The Bertz CT molecular complexity index is 512. The average molecular weight is 279 g/mol. The van der Waals surface area contributed by atoms with Gasteiger partial charge in [0.15, 0.2) is 0 Å². The lowest BCUT2D eigenvalue weighted by molar-refractivity contribution is -0.156. The first-order chi connectivity index (χ1) is 9.36. The van der Waals surface area contributed by atoms with Crippen molar-refractivity contribution in [3.63, 3.8) is 0 Å². The third-order valence-electron chi connectivity index (χ3n) is 2.65. The minimum absolute atomic E-state index is 0.0120. The molecule has 0 fully saturated rings. The van der Waals surface area contributed by atoms with Gasteiger partial charge in [-0.25, -0.2) is 4.79 Å². The van der Waals surface area contributed by atoms with E-state index in [4.69, 9.17) is 10.8 Å². The van der Waals surface area contributed by atoms with Gasteiger partial charge in [-0.15, -0.1) is 0 Å². The molecule has 1 aromatic rings. The van der Waals surface area contributed by atoms with Crippen LogP contribution in [0.1, 0.15) is 12.5 Å². The van der Waals surface area contributed by atoms with Crippen LogP contribution in [0.15, 0.2) is 18.2 Å². The van der Waals surface area contributed by atoms with E-state index in [-0.39, 0.29) is 12.2 Å². The van der Waals surface area contributed by atoms with Crippen molar-refractivity contribution in [2.45, 2.75) is 19.4 Å². The number of carboxylic acids is 1. The van der Waals surface area contributed by atoms with Gasteiger partial charge in [-0.2, -0.15) is 0 Å². The molecular weight excluding hydrogens is 264 g/mol. The summed E-state index contributed by atoms with van der Waals surface area (Å²) in [5.41, 5.74) is 5.63. The number of hydrogen-bond donors (Lipinski definition) is 3. The van der Waals surface area contributed by atoms with Crippen molar-refractivity contribution in [1.82, 2.24) is 4.90 Å². The number of amides is 2. The SMILES string of the molecule is CC(=O)N(C(=O)CN)C(Cc1[c]cc(O)cc1)C(=O)O. The zero-order valence-electron chi connectivity index (χ0n) is 10.9. The summed E-state index contributed by atoms with van der Waals surface area (Å²) in [6.45, 7) is 0.646. The number of imide groups is 1. The molecule has 1 rings (SSSR count). The maximum Gasteiger partial charge on any atom is 0.327 e. The lowest BCUT2D eigenvalue weighted by atomic mass is 10.0. The maximum atomic E-state index is 11.6. The van der Waals surface area contributed by atoms with Gasteiger partial charge in [-0.3, -0.25) is 14.5 Å². The van der Waals surface area contributed by atoms with Gasteiger partial charge in [0.05, 0.1) is 6.54 Å². The fourth-order valence-corrected chi connectivity index (χ4v) is 1.74. The van der Waals surface area contributed by atoms with Crippen LogP contribution in [0.3, 0.4) is 0 Å². The number of aliphatic carboxylic acids is 1. The Hall–Kier alpha value is -2.41. The summed E-state index contributed by atoms with van der Waals surface area (Å²) in [4.78, 5) is 35.0. The van der Waals surface area contributed by atoms with Crippen LogP contribution in [-0.2, 0) is 20.8 Å². The van der Waals surface area contributed by atoms with Gasteiger partial charge < -0.3 is 15.9 Å². The summed E-state index contributed by atoms with van der Waals surface area (Å²) in [6, 6.07) is 5.43. The van der Waals surface area contributed by atoms with Crippen LogP contribution in [-0.4, -0.2) is 45.5 Å². The van der Waals surface area contributed by atoms with Gasteiger partial charge >= 0.3 is 5.97 Å². The summed E-state index contributed by atoms with van der Waals surface area (Å²) < 4.78 is 0. The molecular formula is C13H15N2O5. The predicted octanol–water partition coefficient (Wildman–Crippen LogP) is -0.478. The van der Waals surface area contributed by atoms with Crippen molar-refractivity contribution in [1.29, 1.82) is 0 Å². The molecule has 0 saturated carbocycles. The first-order valence-electron chi connectivity index (χ1n) is 5.82. The number of hydrogen-bond acceptors (Lipinski definition) is 5. The molecule has 7 nitrogen and oxygen atoms in total. The number of nitrogens with two attached hydrogens (primary N) is 1. The molecule has 1 unspecified atom stereocenters. The Morgan fingerprint density at radius 1 is 1.40 bits per heavy atom. The average Bonchev–Trinajstić information content (AvgIpc) is 2.39. The molecule has 0 aliphatic rings. The van der Waals surface area contributed by atoms with Crippen LogP contribution in [0.25, 0.3) is 0 Å². The summed E-state index contributed by atoms with van der Waals surface area (Å²) >= 11 is 0. The molecule has 2 amide bonds. The molecule has 0 bridgehead atoms. The topological polar surface area (TPSA) is 121 Å². The highest BCUT2D eigenvalue weighted by Crippen LogP contribution is 2.14. The number of benzene rings is 1. The zero-order chi connectivity index (χ0) is 15.3. The van der Waals surface area contributed by atoms with Crippen LogP contribution >= 0.6 is 0 Å². The van der Waals surface area contributed by atoms with E-state index < -0.39 is 30.4 Å². The fraction of sp³-hybridized carbons (Fsp3) is 0.308. The third kappa shape index (κ3) is 3.79. The maximum absolute atomic E-state index is 11.6. The molecule has 0 spiro atoms. The number of carboxylic acid groups (broad SMARTS) is 1. The van der Waals surface area contributed by atoms with Crippen molar-refractivity contribution in [3.8, 4) is 5.75 Å². The third-order valence-corrected chi connectivity index (χ3v) is 2.65. The minimum atomic E-state index is -1.36. The second-order valence-electron chi connectivity index (χ2n) is 4.12. The quantitative estimate of drug-likeness (QED) is 0.669. The Labute approximate surface area is 115 Å². The van der Waals surface area contributed by atoms with Crippen molar-refractivity contribution in [2.75, 3.05) is 6.54 Å². The Balaban J connectivity index is 3.03. The second kappa shape index (κ2) is 6.67. The Morgan fingerprint density at radius 3 is 2.45 bits per heavy atom. The first kappa shape index (κ1) is 15.6. The molecule has 0 saturated heterocycles. The van der Waals surface area contributed by atoms with E-state index in [1.807, 2.05) is 0 Å². The molecule has 0 aliphatic carbocycles. The monoisotopic (exact) mass is 279 g/mol. The Morgan fingerprint density at radius 2 is 2.05 bits per heavy atom. The fourth-order valence-electron chi connectivity index (χ4n) is 1.74. The Kier molecular flexibility index (Phi) is 5.22. The van der Waals surface area contributed by atoms with Gasteiger partial charge in [0.1, 0.15) is 11.8 Å². The summed E-state index contributed by atoms with van der Waals surface area (Å²) in [6.07, 6.45) is -0.110. The highest BCUT2D eigenvalue weighted by Gasteiger charge is 2.32. The van der Waals surface area contributed by atoms with Crippen molar-refractivity contribution >= 4 is 17.8 Å². The number of carbonyl (C=O) groups excluding carboxylic acids is 2. The molecule has 0 heterocycles. The van der Waals surface area contributed by atoms with Crippen LogP contribution in [0.5, 0.6) is 5.75 Å². The van der Waals surface area contributed by atoms with E-state index in [0.717, 1.165) is 6.92 Å². The normalized spacial score (nSPS) is 11.7. The minimum Gasteiger partial charge on any atom is -0.508 e. The molecule has 1 atom stereocenters. The van der Waals surface area contributed by atoms with Crippen molar-refractivity contribution in [3.05, 3.63) is 29.8 Å². The van der Waals surface area contributed by atoms with Gasteiger partial charge in [-0.1, -0.05) is 6.07 Å². The van der Waals surface area contributed by atoms with Crippen LogP contribution in [0, 0.1) is 6.07 Å². The molecule has 0 aromatic heterocycles. The summed E-state index contributed by atoms with van der Waals surface area (Å²) in [5, 5.41) is 18.3. The predicted molar refractivity (Wildman–Crippen MR) is 68.7 cm³/mol. The van der Waals surface area contributed by atoms with Crippen LogP contribution in [0.2, 0.25) is 0 Å². The largest absolute Gasteiger partial charge is 0.508 e.